The maximum atomic E-state index is 10.3. The Morgan fingerprint density at radius 3 is 1.34 bits per heavy atom. The third-order valence-electron chi connectivity index (χ3n) is 6.78. The van der Waals surface area contributed by atoms with Gasteiger partial charge in [-0.05, 0) is 14.1 Å². The van der Waals surface area contributed by atoms with Gasteiger partial charge in [-0.1, -0.05) is 0 Å². The first-order valence-electron chi connectivity index (χ1n) is 12.8. The van der Waals surface area contributed by atoms with Crippen LogP contribution in [0.5, 0.6) is 0 Å². The Balaban J connectivity index is 1.65. The molecule has 0 radical (unpaired) electrons. The van der Waals surface area contributed by atoms with E-state index in [1.54, 1.807) is 0 Å². The van der Waals surface area contributed by atoms with Gasteiger partial charge in [0.1, 0.15) is 36.6 Å². The summed E-state index contributed by atoms with van der Waals surface area (Å²) in [6.07, 6.45) is -10.3. The molecule has 2 fully saturated rings. The van der Waals surface area contributed by atoms with Crippen LogP contribution in [0.25, 0.3) is 0 Å². The van der Waals surface area contributed by atoms with E-state index < -0.39 is 73.5 Å². The van der Waals surface area contributed by atoms with Crippen LogP contribution in [0.15, 0.2) is 0 Å². The topological polar surface area (TPSA) is 269 Å². The number of nitrogens with zero attached hydrogens (tertiary/aromatic N) is 2. The van der Waals surface area contributed by atoms with Crippen LogP contribution < -0.4 is 22.9 Å². The van der Waals surface area contributed by atoms with Gasteiger partial charge in [0.25, 0.3) is 0 Å². The summed E-state index contributed by atoms with van der Waals surface area (Å²) in [5.74, 6) is 0. The predicted molar refractivity (Wildman–Crippen MR) is 134 cm³/mol. The summed E-state index contributed by atoms with van der Waals surface area (Å²) < 4.78 is 22.1. The fourth-order valence-electron chi connectivity index (χ4n) is 4.36. The van der Waals surface area contributed by atoms with Gasteiger partial charge in [-0.3, -0.25) is 0 Å². The molecule has 16 heteroatoms. The van der Waals surface area contributed by atoms with Gasteiger partial charge in [0, 0.05) is 39.3 Å². The van der Waals surface area contributed by atoms with E-state index >= 15 is 0 Å². The number of aliphatic hydroxyl groups is 6. The molecule has 0 amide bonds. The van der Waals surface area contributed by atoms with Crippen molar-refractivity contribution in [1.29, 1.82) is 0 Å². The minimum Gasteiger partial charge on any atom is -0.389 e. The Morgan fingerprint density at radius 1 is 0.684 bits per heavy atom. The lowest BCUT2D eigenvalue weighted by atomic mass is 9.97. The molecule has 14 N–H and O–H groups in total. The second-order valence-electron chi connectivity index (χ2n) is 10.2. The van der Waals surface area contributed by atoms with Crippen molar-refractivity contribution in [2.24, 2.45) is 22.9 Å². The number of rotatable bonds is 15. The maximum Gasteiger partial charge on any atom is 0.175 e. The fourth-order valence-corrected chi connectivity index (χ4v) is 4.36. The molecule has 0 saturated carbocycles. The molecule has 0 bridgehead atoms. The van der Waals surface area contributed by atoms with E-state index in [-0.39, 0.29) is 39.4 Å². The standard InChI is InChI=1S/C22H48N6O10/c1-27(7-11(29)9-35-21-15(25)19(33)17(31)13(5-23)37-21)3-4-28(2)8-12(30)10-36-22-16(26)20(34)18(32)14(6-24)38-22/h11-22,29-34H,3-10,23-26H2,1-2H3/t11?,12?,13-,14-,15-,16-,17-,18-,19-,20-,21+,22+/m1/s1. The highest BCUT2D eigenvalue weighted by Crippen LogP contribution is 2.21. The van der Waals surface area contributed by atoms with Crippen LogP contribution in [0.2, 0.25) is 0 Å². The molecule has 12 atom stereocenters. The summed E-state index contributed by atoms with van der Waals surface area (Å²) in [5, 5.41) is 60.6. The van der Waals surface area contributed by atoms with Gasteiger partial charge < -0.3 is 82.3 Å². The Hall–Kier alpha value is -0.640. The van der Waals surface area contributed by atoms with E-state index in [0.717, 1.165) is 0 Å². The molecule has 0 aliphatic carbocycles. The molecule has 2 aliphatic rings. The van der Waals surface area contributed by atoms with Crippen LogP contribution in [-0.4, -0.2) is 181 Å². The summed E-state index contributed by atoms with van der Waals surface area (Å²) in [6.45, 7) is 1.45. The van der Waals surface area contributed by atoms with E-state index in [2.05, 4.69) is 0 Å². The highest BCUT2D eigenvalue weighted by molar-refractivity contribution is 4.93. The number of hydrogen-bond acceptors (Lipinski definition) is 16. The largest absolute Gasteiger partial charge is 0.389 e. The smallest absolute Gasteiger partial charge is 0.175 e. The molecular weight excluding hydrogens is 508 g/mol. The third kappa shape index (κ3) is 9.48. The second kappa shape index (κ2) is 16.0. The highest BCUT2D eigenvalue weighted by atomic mass is 16.7. The zero-order chi connectivity index (χ0) is 28.6. The molecule has 16 nitrogen and oxygen atoms in total. The molecule has 2 heterocycles. The Morgan fingerprint density at radius 2 is 1.03 bits per heavy atom. The summed E-state index contributed by atoms with van der Waals surface area (Å²) in [6, 6.07) is -1.97. The zero-order valence-electron chi connectivity index (χ0n) is 22.1. The van der Waals surface area contributed by atoms with Gasteiger partial charge in [0.05, 0.1) is 37.5 Å². The third-order valence-corrected chi connectivity index (χ3v) is 6.78. The number of aliphatic hydroxyl groups excluding tert-OH is 6. The van der Waals surface area contributed by atoms with E-state index in [9.17, 15) is 30.6 Å². The Labute approximate surface area is 222 Å². The average molecular weight is 557 g/mol. The van der Waals surface area contributed by atoms with Gasteiger partial charge in [0.15, 0.2) is 12.6 Å². The number of ether oxygens (including phenoxy) is 4. The lowest BCUT2D eigenvalue weighted by molar-refractivity contribution is -0.262. The van der Waals surface area contributed by atoms with Gasteiger partial charge >= 0.3 is 0 Å². The van der Waals surface area contributed by atoms with Crippen molar-refractivity contribution >= 4 is 0 Å². The number of hydrogen-bond donors (Lipinski definition) is 10. The van der Waals surface area contributed by atoms with Crippen molar-refractivity contribution < 1.29 is 49.6 Å². The van der Waals surface area contributed by atoms with E-state index in [4.69, 9.17) is 41.9 Å². The summed E-state index contributed by atoms with van der Waals surface area (Å²) >= 11 is 0. The molecular formula is C22H48N6O10. The van der Waals surface area contributed by atoms with Crippen LogP contribution in [0.4, 0.5) is 0 Å². The highest BCUT2D eigenvalue weighted by Gasteiger charge is 2.44. The Bertz CT molecular complexity index is 616. The number of nitrogens with two attached hydrogens (primary N) is 4. The normalized spacial score (nSPS) is 38.1. The van der Waals surface area contributed by atoms with Crippen LogP contribution >= 0.6 is 0 Å². The van der Waals surface area contributed by atoms with Crippen molar-refractivity contribution in [1.82, 2.24) is 9.80 Å². The first kappa shape index (κ1) is 33.6. The maximum absolute atomic E-state index is 10.3. The molecule has 2 saturated heterocycles. The van der Waals surface area contributed by atoms with Crippen molar-refractivity contribution in [3.63, 3.8) is 0 Å². The van der Waals surface area contributed by atoms with Gasteiger partial charge in [-0.15, -0.1) is 0 Å². The van der Waals surface area contributed by atoms with Crippen LogP contribution in [-0.2, 0) is 18.9 Å². The average Bonchev–Trinajstić information content (AvgIpc) is 2.88. The molecule has 0 aromatic heterocycles. The van der Waals surface area contributed by atoms with Crippen molar-refractivity contribution in [2.45, 2.75) is 73.5 Å². The molecule has 0 aromatic rings. The molecule has 226 valence electrons. The SMILES string of the molecule is CN(CCN(C)CC(O)CO[C@H]1O[C@H](CN)[C@@H](O)[C@H](O)[C@H]1N)CC(O)CO[C@H]1O[C@H](CN)[C@@H](O)[C@H](O)[C@H]1N. The van der Waals surface area contributed by atoms with E-state index in [1.807, 2.05) is 23.9 Å². The first-order chi connectivity index (χ1) is 17.9. The predicted octanol–water partition coefficient (Wildman–Crippen LogP) is -6.93. The zero-order valence-corrected chi connectivity index (χ0v) is 22.1. The van der Waals surface area contributed by atoms with Gasteiger partial charge in [-0.25, -0.2) is 0 Å². The summed E-state index contributed by atoms with van der Waals surface area (Å²) in [5.41, 5.74) is 22.8. The second-order valence-corrected chi connectivity index (χ2v) is 10.2. The minimum absolute atomic E-state index is 0.0195. The lowest BCUT2D eigenvalue weighted by Gasteiger charge is -2.41. The summed E-state index contributed by atoms with van der Waals surface area (Å²) in [4.78, 5) is 3.76. The molecule has 2 aliphatic heterocycles. The van der Waals surface area contributed by atoms with Crippen molar-refractivity contribution in [3.05, 3.63) is 0 Å². The minimum atomic E-state index is -1.26. The van der Waals surface area contributed by atoms with Crippen LogP contribution in [0.3, 0.4) is 0 Å². The van der Waals surface area contributed by atoms with E-state index in [1.165, 1.54) is 0 Å². The number of likely N-dealkylation sites (N-methyl/N-ethyl adjacent to an activating group) is 2. The van der Waals surface area contributed by atoms with Gasteiger partial charge in [0.2, 0.25) is 0 Å². The first-order valence-corrected chi connectivity index (χ1v) is 12.8. The van der Waals surface area contributed by atoms with Crippen molar-refractivity contribution in [2.75, 3.05) is 66.6 Å². The van der Waals surface area contributed by atoms with Crippen LogP contribution in [0, 0.1) is 0 Å². The lowest BCUT2D eigenvalue weighted by Crippen LogP contribution is -2.63. The summed E-state index contributed by atoms with van der Waals surface area (Å²) in [7, 11) is 3.64. The Kier molecular flexibility index (Phi) is 14.1. The fraction of sp³-hybridized carbons (Fsp3) is 1.00. The van der Waals surface area contributed by atoms with E-state index in [0.29, 0.717) is 13.1 Å². The molecule has 2 rings (SSSR count). The quantitative estimate of drug-likeness (QED) is 0.0897. The molecule has 0 spiro atoms. The van der Waals surface area contributed by atoms with Gasteiger partial charge in [-0.2, -0.15) is 0 Å². The van der Waals surface area contributed by atoms with Crippen molar-refractivity contribution in [3.8, 4) is 0 Å². The van der Waals surface area contributed by atoms with Crippen LogP contribution in [0.1, 0.15) is 0 Å². The molecule has 2 unspecified atom stereocenters. The molecule has 38 heavy (non-hydrogen) atoms. The monoisotopic (exact) mass is 556 g/mol. The molecule has 0 aromatic carbocycles.